The molecule has 6 heteroatoms. The first-order chi connectivity index (χ1) is 14.2. The van der Waals surface area contributed by atoms with Crippen LogP contribution in [-0.4, -0.2) is 27.4 Å². The number of anilines is 1. The summed E-state index contributed by atoms with van der Waals surface area (Å²) in [5, 5.41) is 0. The predicted molar refractivity (Wildman–Crippen MR) is 114 cm³/mol. The van der Waals surface area contributed by atoms with Crippen LogP contribution in [0, 0.1) is 0 Å². The lowest BCUT2D eigenvalue weighted by Gasteiger charge is -2.20. The van der Waals surface area contributed by atoms with E-state index in [2.05, 4.69) is 12.1 Å². The normalized spacial score (nSPS) is 13.4. The van der Waals surface area contributed by atoms with Crippen molar-refractivity contribution in [2.45, 2.75) is 19.4 Å². The van der Waals surface area contributed by atoms with E-state index in [4.69, 9.17) is 19.0 Å². The molecule has 0 unspecified atom stereocenters. The molecule has 1 N–H and O–H groups in total. The molecule has 0 atom stereocenters. The lowest BCUT2D eigenvalue weighted by atomic mass is 10.1. The monoisotopic (exact) mass is 396 g/mol. The smallest absolute Gasteiger partial charge is 0.185 e. The lowest BCUT2D eigenvalue weighted by molar-refractivity contribution is 0.117. The highest BCUT2D eigenvalue weighted by atomic mass is 16.6. The fourth-order valence-electron chi connectivity index (χ4n) is 2.85. The minimum absolute atomic E-state index is 0.468. The summed E-state index contributed by atoms with van der Waals surface area (Å²) in [6, 6.07) is 15.6. The molecule has 6 nitrogen and oxygen atoms in total. The molecule has 1 saturated heterocycles. The van der Waals surface area contributed by atoms with Gasteiger partial charge in [0.1, 0.15) is 12.4 Å². The Balaban J connectivity index is 1.50. The number of hydrogen-bond donors (Lipinski definition) is 1. The summed E-state index contributed by atoms with van der Waals surface area (Å²) in [4.78, 5) is 7.49. The van der Waals surface area contributed by atoms with Gasteiger partial charge in [-0.1, -0.05) is 18.2 Å². The summed E-state index contributed by atoms with van der Waals surface area (Å²) >= 11 is 0. The van der Waals surface area contributed by atoms with E-state index < -0.39 is 0 Å². The summed E-state index contributed by atoms with van der Waals surface area (Å²) in [5.41, 5.74) is 6.27. The Bertz CT molecular complexity index is 825. The van der Waals surface area contributed by atoms with Gasteiger partial charge < -0.3 is 23.9 Å². The summed E-state index contributed by atoms with van der Waals surface area (Å²) in [7, 11) is 3.52. The Morgan fingerprint density at radius 2 is 1.86 bits per heavy atom. The molecule has 1 fully saturated rings. The van der Waals surface area contributed by atoms with Crippen molar-refractivity contribution in [3.63, 3.8) is 0 Å². The molecule has 1 heterocycles. The molecular weight excluding hydrogens is 368 g/mol. The largest absolute Gasteiger partial charge is 0.489 e. The van der Waals surface area contributed by atoms with Crippen LogP contribution in [0.2, 0.25) is 0 Å². The van der Waals surface area contributed by atoms with Crippen molar-refractivity contribution in [1.29, 1.82) is 0 Å². The molecule has 0 aliphatic carbocycles. The zero-order valence-electron chi connectivity index (χ0n) is 17.0. The summed E-state index contributed by atoms with van der Waals surface area (Å²) in [6.45, 7) is 5.87. The van der Waals surface area contributed by atoms with Gasteiger partial charge in [0.25, 0.3) is 0 Å². The lowest BCUT2D eigenvalue weighted by Crippen LogP contribution is -2.16. The van der Waals surface area contributed by atoms with Crippen LogP contribution < -0.4 is 20.0 Å². The molecule has 0 bridgehead atoms. The van der Waals surface area contributed by atoms with Crippen LogP contribution in [0.4, 0.5) is 5.69 Å². The van der Waals surface area contributed by atoms with Crippen molar-refractivity contribution in [3.05, 3.63) is 78.3 Å². The number of hydroxylamine groups is 1. The minimum Gasteiger partial charge on any atom is -0.489 e. The van der Waals surface area contributed by atoms with Crippen LogP contribution in [0.5, 0.6) is 11.5 Å². The number of hydrogen-bond acceptors (Lipinski definition) is 6. The summed E-state index contributed by atoms with van der Waals surface area (Å²) < 4.78 is 16.4. The van der Waals surface area contributed by atoms with Crippen molar-refractivity contribution in [2.24, 2.45) is 0 Å². The Kier molecular flexibility index (Phi) is 7.41. The van der Waals surface area contributed by atoms with E-state index in [1.165, 1.54) is 5.57 Å². The third kappa shape index (κ3) is 6.19. The van der Waals surface area contributed by atoms with Gasteiger partial charge in [-0.3, -0.25) is 0 Å². The third-order valence-corrected chi connectivity index (χ3v) is 4.72. The van der Waals surface area contributed by atoms with Crippen molar-refractivity contribution in [3.8, 4) is 11.5 Å². The first-order valence-electron chi connectivity index (χ1n) is 9.62. The summed E-state index contributed by atoms with van der Waals surface area (Å²) in [5.74, 6) is 2.03. The van der Waals surface area contributed by atoms with Gasteiger partial charge in [0.05, 0.1) is 20.3 Å². The van der Waals surface area contributed by atoms with E-state index in [0.29, 0.717) is 18.2 Å². The van der Waals surface area contributed by atoms with Gasteiger partial charge in [0.2, 0.25) is 0 Å². The molecule has 0 amide bonds. The van der Waals surface area contributed by atoms with Crippen LogP contribution in [0.15, 0.2) is 72.8 Å². The van der Waals surface area contributed by atoms with Crippen LogP contribution in [0.25, 0.3) is 0 Å². The Labute approximate surface area is 172 Å². The number of rotatable bonds is 9. The molecule has 3 rings (SSSR count). The van der Waals surface area contributed by atoms with Crippen molar-refractivity contribution in [2.75, 3.05) is 32.3 Å². The summed E-state index contributed by atoms with van der Waals surface area (Å²) in [6.07, 6.45) is 3.79. The van der Waals surface area contributed by atoms with E-state index in [0.717, 1.165) is 43.1 Å². The van der Waals surface area contributed by atoms with Crippen molar-refractivity contribution >= 4 is 5.69 Å². The van der Waals surface area contributed by atoms with Crippen LogP contribution in [0.3, 0.4) is 0 Å². The van der Waals surface area contributed by atoms with Gasteiger partial charge in [0, 0.05) is 25.0 Å². The fourth-order valence-corrected chi connectivity index (χ4v) is 2.85. The van der Waals surface area contributed by atoms with E-state index in [1.54, 1.807) is 7.11 Å². The van der Waals surface area contributed by atoms with Gasteiger partial charge in [0.15, 0.2) is 11.6 Å². The topological polar surface area (TPSA) is 52.2 Å². The first kappa shape index (κ1) is 20.6. The molecule has 0 spiro atoms. The van der Waals surface area contributed by atoms with Gasteiger partial charge in [-0.15, -0.1) is 0 Å². The highest BCUT2D eigenvalue weighted by molar-refractivity contribution is 5.50. The minimum atomic E-state index is 0.468. The van der Waals surface area contributed by atoms with Gasteiger partial charge >= 0.3 is 0 Å². The average Bonchev–Trinajstić information content (AvgIpc) is 2.78. The molecule has 1 aliphatic rings. The number of nitrogens with zero attached hydrogens (tertiary/aromatic N) is 1. The molecule has 0 radical (unpaired) electrons. The maximum Gasteiger partial charge on any atom is 0.185 e. The van der Waals surface area contributed by atoms with Crippen LogP contribution >= 0.6 is 0 Å². The van der Waals surface area contributed by atoms with E-state index >= 15 is 0 Å². The first-order valence-corrected chi connectivity index (χ1v) is 9.62. The Hall–Kier alpha value is -3.12. The van der Waals surface area contributed by atoms with Crippen molar-refractivity contribution < 1.29 is 19.0 Å². The SMILES string of the molecule is C=C(OC)N(C)c1ccc(COc2cccc(ONC=C3CCOCC3)c2)cc1. The van der Waals surface area contributed by atoms with Crippen LogP contribution in [0.1, 0.15) is 18.4 Å². The molecule has 0 saturated carbocycles. The average molecular weight is 396 g/mol. The van der Waals surface area contributed by atoms with Crippen LogP contribution in [-0.2, 0) is 16.1 Å². The number of methoxy groups -OCH3 is 1. The standard InChI is InChI=1S/C23H28N2O4/c1-18(26-3)25(2)21-9-7-20(8-10-21)17-28-22-5-4-6-23(15-22)29-24-16-19-11-13-27-14-12-19/h4-10,15-16,24H,1,11-14,17H2,2-3H3. The second-order valence-corrected chi connectivity index (χ2v) is 6.72. The maximum atomic E-state index is 5.90. The van der Waals surface area contributed by atoms with Gasteiger partial charge in [-0.2, -0.15) is 0 Å². The number of nitrogens with one attached hydrogen (secondary N) is 1. The van der Waals surface area contributed by atoms with Gasteiger partial charge in [-0.05, 0) is 54.8 Å². The zero-order valence-corrected chi connectivity index (χ0v) is 17.0. The highest BCUT2D eigenvalue weighted by Gasteiger charge is 2.06. The maximum absolute atomic E-state index is 5.90. The third-order valence-electron chi connectivity index (χ3n) is 4.72. The Morgan fingerprint density at radius 3 is 2.59 bits per heavy atom. The van der Waals surface area contributed by atoms with E-state index in [1.807, 2.05) is 66.7 Å². The predicted octanol–water partition coefficient (Wildman–Crippen LogP) is 4.40. The molecule has 2 aromatic carbocycles. The zero-order chi connectivity index (χ0) is 20.5. The molecule has 1 aliphatic heterocycles. The molecule has 2 aromatic rings. The second kappa shape index (κ2) is 10.4. The molecular formula is C23H28N2O4. The quantitative estimate of drug-likeness (QED) is 0.501. The van der Waals surface area contributed by atoms with Gasteiger partial charge in [-0.25, -0.2) is 5.48 Å². The highest BCUT2D eigenvalue weighted by Crippen LogP contribution is 2.22. The van der Waals surface area contributed by atoms with E-state index in [-0.39, 0.29) is 0 Å². The van der Waals surface area contributed by atoms with Crippen molar-refractivity contribution in [1.82, 2.24) is 5.48 Å². The fraction of sp³-hybridized carbons (Fsp3) is 0.304. The number of ether oxygens (including phenoxy) is 3. The van der Waals surface area contributed by atoms with E-state index in [9.17, 15) is 0 Å². The molecule has 0 aromatic heterocycles. The molecule has 154 valence electrons. The second-order valence-electron chi connectivity index (χ2n) is 6.72. The molecule has 29 heavy (non-hydrogen) atoms. The number of benzene rings is 2. The Morgan fingerprint density at radius 1 is 1.14 bits per heavy atom.